The third-order valence-electron chi connectivity index (χ3n) is 6.08. The molecule has 176 valence electrons. The van der Waals surface area contributed by atoms with E-state index in [1.54, 1.807) is 11.9 Å². The summed E-state index contributed by atoms with van der Waals surface area (Å²) in [5.74, 6) is 2.05. The molecule has 1 aliphatic rings. The van der Waals surface area contributed by atoms with Gasteiger partial charge in [0.2, 0.25) is 5.95 Å². The van der Waals surface area contributed by atoms with E-state index in [2.05, 4.69) is 32.3 Å². The summed E-state index contributed by atoms with van der Waals surface area (Å²) >= 11 is 0. The van der Waals surface area contributed by atoms with Crippen molar-refractivity contribution in [2.75, 3.05) is 36.1 Å². The fourth-order valence-electron chi connectivity index (χ4n) is 4.74. The zero-order valence-electron chi connectivity index (χ0n) is 19.8. The highest BCUT2D eigenvalue weighted by Gasteiger charge is 2.38. The number of aromatic nitrogens is 4. The number of hydrogen-bond acceptors (Lipinski definition) is 7. The van der Waals surface area contributed by atoms with E-state index < -0.39 is 11.6 Å². The molecule has 0 bridgehead atoms. The Morgan fingerprint density at radius 1 is 1.27 bits per heavy atom. The van der Waals surface area contributed by atoms with Gasteiger partial charge >= 0.3 is 6.09 Å². The van der Waals surface area contributed by atoms with Gasteiger partial charge in [0, 0.05) is 42.7 Å². The molecule has 2 aromatic heterocycles. The van der Waals surface area contributed by atoms with Gasteiger partial charge in [-0.15, -0.1) is 0 Å². The first kappa shape index (κ1) is 22.6. The van der Waals surface area contributed by atoms with Gasteiger partial charge in [0.25, 0.3) is 0 Å². The van der Waals surface area contributed by atoms with Crippen molar-refractivity contribution < 1.29 is 9.90 Å². The number of nitrogens with two attached hydrogens (primary N) is 1. The quantitative estimate of drug-likeness (QED) is 0.471. The van der Waals surface area contributed by atoms with Gasteiger partial charge in [-0.05, 0) is 45.2 Å². The van der Waals surface area contributed by atoms with Gasteiger partial charge in [0.15, 0.2) is 5.82 Å². The molecule has 3 heterocycles. The number of nitrogen functional groups attached to an aromatic ring is 1. The van der Waals surface area contributed by atoms with Crippen LogP contribution in [-0.2, 0) is 0 Å². The Bertz CT molecular complexity index is 1170. The number of piperidine rings is 1. The van der Waals surface area contributed by atoms with Crippen LogP contribution in [0.4, 0.5) is 22.4 Å². The zero-order valence-corrected chi connectivity index (χ0v) is 19.8. The minimum Gasteiger partial charge on any atom is -0.465 e. The van der Waals surface area contributed by atoms with E-state index in [1.165, 1.54) is 0 Å². The number of aromatic amines is 1. The van der Waals surface area contributed by atoms with Crippen molar-refractivity contribution in [3.8, 4) is 11.3 Å². The SMILES string of the molecule is CNc1nc(-c2ccc3c(N)n[nH]c3c2)cc(N2C[C@H](C)C[C@@H](N(C(=O)O)C(C)(C)C)C2)n1. The molecular formula is C23H32N8O2. The van der Waals surface area contributed by atoms with Crippen LogP contribution < -0.4 is 16.0 Å². The Kier molecular flexibility index (Phi) is 5.77. The molecule has 1 saturated heterocycles. The van der Waals surface area contributed by atoms with Gasteiger partial charge in [-0.2, -0.15) is 10.1 Å². The van der Waals surface area contributed by atoms with Crippen molar-refractivity contribution in [3.63, 3.8) is 0 Å². The Morgan fingerprint density at radius 2 is 2.03 bits per heavy atom. The van der Waals surface area contributed by atoms with Crippen molar-refractivity contribution >= 4 is 34.6 Å². The molecule has 2 atom stereocenters. The predicted octanol–water partition coefficient (Wildman–Crippen LogP) is 3.64. The molecule has 1 aromatic carbocycles. The minimum atomic E-state index is -0.895. The predicted molar refractivity (Wildman–Crippen MR) is 130 cm³/mol. The zero-order chi connectivity index (χ0) is 23.9. The van der Waals surface area contributed by atoms with Crippen LogP contribution in [0.5, 0.6) is 0 Å². The molecule has 33 heavy (non-hydrogen) atoms. The Hall–Kier alpha value is -3.56. The van der Waals surface area contributed by atoms with Crippen LogP contribution in [0.3, 0.4) is 0 Å². The average Bonchev–Trinajstić information content (AvgIpc) is 3.12. The van der Waals surface area contributed by atoms with Crippen molar-refractivity contribution in [2.45, 2.75) is 45.7 Å². The van der Waals surface area contributed by atoms with E-state index in [0.29, 0.717) is 24.2 Å². The summed E-state index contributed by atoms with van der Waals surface area (Å²) in [6, 6.07) is 7.69. The second-order valence-corrected chi connectivity index (χ2v) is 9.78. The number of fused-ring (bicyclic) bond motifs is 1. The molecule has 1 fully saturated rings. The van der Waals surface area contributed by atoms with Crippen molar-refractivity contribution in [3.05, 3.63) is 24.3 Å². The monoisotopic (exact) mass is 452 g/mol. The number of nitrogens with one attached hydrogen (secondary N) is 2. The molecule has 0 unspecified atom stereocenters. The van der Waals surface area contributed by atoms with Crippen molar-refractivity contribution in [1.82, 2.24) is 25.1 Å². The summed E-state index contributed by atoms with van der Waals surface area (Å²) in [7, 11) is 1.79. The minimum absolute atomic E-state index is 0.132. The molecule has 0 radical (unpaired) electrons. The lowest BCUT2D eigenvalue weighted by Crippen LogP contribution is -2.58. The lowest BCUT2D eigenvalue weighted by atomic mass is 9.92. The third kappa shape index (κ3) is 4.50. The first-order valence-electron chi connectivity index (χ1n) is 11.1. The van der Waals surface area contributed by atoms with Gasteiger partial charge in [-0.1, -0.05) is 13.0 Å². The van der Waals surface area contributed by atoms with Crippen molar-refractivity contribution in [1.29, 1.82) is 0 Å². The van der Waals surface area contributed by atoms with Crippen LogP contribution in [-0.4, -0.2) is 68.0 Å². The van der Waals surface area contributed by atoms with E-state index in [4.69, 9.17) is 10.7 Å². The number of rotatable bonds is 4. The summed E-state index contributed by atoms with van der Waals surface area (Å²) in [6.45, 7) is 9.33. The van der Waals surface area contributed by atoms with Gasteiger partial charge in [-0.25, -0.2) is 9.78 Å². The second-order valence-electron chi connectivity index (χ2n) is 9.78. The third-order valence-corrected chi connectivity index (χ3v) is 6.08. The molecule has 4 rings (SSSR count). The Labute approximate surface area is 193 Å². The first-order valence-corrected chi connectivity index (χ1v) is 11.1. The lowest BCUT2D eigenvalue weighted by molar-refractivity contribution is 0.0587. The number of H-pyrrole nitrogens is 1. The molecule has 0 spiro atoms. The summed E-state index contributed by atoms with van der Waals surface area (Å²) in [4.78, 5) is 25.2. The van der Waals surface area contributed by atoms with Crippen LogP contribution in [0.25, 0.3) is 22.2 Å². The number of nitrogens with zero attached hydrogens (tertiary/aromatic N) is 5. The maximum Gasteiger partial charge on any atom is 0.408 e. The maximum absolute atomic E-state index is 12.1. The first-order chi connectivity index (χ1) is 15.6. The lowest BCUT2D eigenvalue weighted by Gasteiger charge is -2.46. The molecule has 0 saturated carbocycles. The van der Waals surface area contributed by atoms with Crippen LogP contribution in [0.1, 0.15) is 34.1 Å². The molecule has 10 heteroatoms. The number of benzene rings is 1. The van der Waals surface area contributed by atoms with Gasteiger partial charge in [-0.3, -0.25) is 10.00 Å². The summed E-state index contributed by atoms with van der Waals surface area (Å²) in [6.07, 6.45) is -0.0811. The molecule has 10 nitrogen and oxygen atoms in total. The van der Waals surface area contributed by atoms with Crippen LogP contribution >= 0.6 is 0 Å². The highest BCUT2D eigenvalue weighted by atomic mass is 16.4. The maximum atomic E-state index is 12.1. The van der Waals surface area contributed by atoms with E-state index in [0.717, 1.165) is 40.9 Å². The standard InChI is InChI=1S/C23H32N8O2/c1-13-8-15(31(22(32)33)23(2,3)4)12-30(11-13)19-10-17(26-21(25-5)27-19)14-6-7-16-18(9-14)28-29-20(16)24/h6-7,9-10,13,15H,8,11-12H2,1-5H3,(H,32,33)(H3,24,28,29)(H,25,26,27)/t13-,15-/m1/s1. The highest BCUT2D eigenvalue weighted by Crippen LogP contribution is 2.32. The average molecular weight is 453 g/mol. The smallest absolute Gasteiger partial charge is 0.408 e. The number of amides is 1. The van der Waals surface area contributed by atoms with Crippen LogP contribution in [0, 0.1) is 5.92 Å². The summed E-state index contributed by atoms with van der Waals surface area (Å²) in [5, 5.41) is 20.9. The Morgan fingerprint density at radius 3 is 2.70 bits per heavy atom. The summed E-state index contributed by atoms with van der Waals surface area (Å²) < 4.78 is 0. The van der Waals surface area contributed by atoms with E-state index in [9.17, 15) is 9.90 Å². The fraction of sp³-hybridized carbons (Fsp3) is 0.478. The van der Waals surface area contributed by atoms with Gasteiger partial charge in [0.1, 0.15) is 5.82 Å². The molecule has 1 amide bonds. The molecule has 5 N–H and O–H groups in total. The largest absolute Gasteiger partial charge is 0.465 e. The van der Waals surface area contributed by atoms with Crippen LogP contribution in [0.2, 0.25) is 0 Å². The van der Waals surface area contributed by atoms with E-state index in [-0.39, 0.29) is 6.04 Å². The highest BCUT2D eigenvalue weighted by molar-refractivity contribution is 5.91. The molecule has 1 aliphatic heterocycles. The number of carboxylic acid groups (broad SMARTS) is 1. The van der Waals surface area contributed by atoms with Gasteiger partial charge in [0.05, 0.1) is 17.3 Å². The van der Waals surface area contributed by atoms with E-state index >= 15 is 0 Å². The molecule has 3 aromatic rings. The fourth-order valence-corrected chi connectivity index (χ4v) is 4.74. The van der Waals surface area contributed by atoms with Crippen LogP contribution in [0.15, 0.2) is 24.3 Å². The van der Waals surface area contributed by atoms with Gasteiger partial charge < -0.3 is 21.1 Å². The van der Waals surface area contributed by atoms with E-state index in [1.807, 2.05) is 45.0 Å². The van der Waals surface area contributed by atoms with Crippen molar-refractivity contribution in [2.24, 2.45) is 5.92 Å². The summed E-state index contributed by atoms with van der Waals surface area (Å²) in [5.41, 5.74) is 7.93. The topological polar surface area (TPSA) is 136 Å². The normalized spacial score (nSPS) is 19.0. The molecular weight excluding hydrogens is 420 g/mol. The Balaban J connectivity index is 1.71. The number of hydrogen-bond donors (Lipinski definition) is 4. The second kappa shape index (κ2) is 8.42. The number of anilines is 3. The number of carbonyl (C=O) groups is 1. The molecule has 0 aliphatic carbocycles.